The fraction of sp³-hybridized carbons (Fsp3) is 0.0377. The fourth-order valence-corrected chi connectivity index (χ4v) is 7.52. The summed E-state index contributed by atoms with van der Waals surface area (Å²) in [6, 6.07) is 70.7. The van der Waals surface area contributed by atoms with Crippen LogP contribution in [0.25, 0.3) is 89.5 Å². The maximum Gasteiger partial charge on any atom is 0.160 e. The third-order valence-electron chi connectivity index (χ3n) is 10.4. The minimum atomic E-state index is 0.682. The molecule has 0 atom stereocenters. The summed E-state index contributed by atoms with van der Waals surface area (Å²) in [7, 11) is 0. The van der Waals surface area contributed by atoms with E-state index in [0.717, 1.165) is 56.2 Å². The Balaban J connectivity index is 1.16. The average molecular weight is 718 g/mol. The summed E-state index contributed by atoms with van der Waals surface area (Å²) in [5, 5.41) is 0. The van der Waals surface area contributed by atoms with Gasteiger partial charge in [-0.25, -0.2) is 9.97 Å². The number of hydrogen-bond donors (Lipinski definition) is 0. The highest BCUT2D eigenvalue weighted by atomic mass is 14.9. The SMILES string of the molecule is Cc1ccc(-c2ccc(-c3cc(-c4ccccc4)nc(-c4ccc(-c5c(-c6ccccc6)cc(-c6ccccc6)cc5-c5ccccc5)cc4)n3)cc2)c(C)n1. The zero-order valence-electron chi connectivity index (χ0n) is 31.4. The largest absolute Gasteiger partial charge is 0.258 e. The molecule has 0 saturated carbocycles. The van der Waals surface area contributed by atoms with Crippen molar-refractivity contribution in [2.75, 3.05) is 0 Å². The normalized spacial score (nSPS) is 11.0. The molecule has 0 unspecified atom stereocenters. The minimum absolute atomic E-state index is 0.682. The van der Waals surface area contributed by atoms with Gasteiger partial charge >= 0.3 is 0 Å². The number of nitrogens with zero attached hydrogens (tertiary/aromatic N) is 3. The van der Waals surface area contributed by atoms with Crippen molar-refractivity contribution in [3.63, 3.8) is 0 Å². The van der Waals surface area contributed by atoms with Gasteiger partial charge in [-0.1, -0.05) is 176 Å². The van der Waals surface area contributed by atoms with Crippen LogP contribution in [0.5, 0.6) is 0 Å². The lowest BCUT2D eigenvalue weighted by Crippen LogP contribution is -1.97. The van der Waals surface area contributed by atoms with Gasteiger partial charge in [0.05, 0.1) is 11.4 Å². The van der Waals surface area contributed by atoms with E-state index in [1.54, 1.807) is 0 Å². The number of aromatic nitrogens is 3. The van der Waals surface area contributed by atoms with Crippen LogP contribution in [0, 0.1) is 13.8 Å². The van der Waals surface area contributed by atoms with E-state index in [1.807, 2.05) is 13.0 Å². The van der Waals surface area contributed by atoms with E-state index in [1.165, 1.54) is 38.9 Å². The minimum Gasteiger partial charge on any atom is -0.258 e. The predicted molar refractivity (Wildman–Crippen MR) is 233 cm³/mol. The Hall–Kier alpha value is -7.23. The van der Waals surface area contributed by atoms with E-state index in [9.17, 15) is 0 Å². The third kappa shape index (κ3) is 7.06. The summed E-state index contributed by atoms with van der Waals surface area (Å²) >= 11 is 0. The van der Waals surface area contributed by atoms with Crippen LogP contribution in [-0.2, 0) is 0 Å². The van der Waals surface area contributed by atoms with Gasteiger partial charge in [0.2, 0.25) is 0 Å². The van der Waals surface area contributed by atoms with Crippen LogP contribution < -0.4 is 0 Å². The Morgan fingerprint density at radius 2 is 0.696 bits per heavy atom. The number of hydrogen-bond acceptors (Lipinski definition) is 3. The molecule has 0 aliphatic rings. The lowest BCUT2D eigenvalue weighted by atomic mass is 9.84. The second-order valence-electron chi connectivity index (χ2n) is 14.1. The van der Waals surface area contributed by atoms with Gasteiger partial charge in [0.15, 0.2) is 5.82 Å². The summed E-state index contributed by atoms with van der Waals surface area (Å²) in [6.07, 6.45) is 0. The van der Waals surface area contributed by atoms with E-state index >= 15 is 0 Å². The molecule has 7 aromatic carbocycles. The van der Waals surface area contributed by atoms with Crippen LogP contribution in [0.4, 0.5) is 0 Å². The van der Waals surface area contributed by atoms with E-state index in [0.29, 0.717) is 5.82 Å². The highest BCUT2D eigenvalue weighted by Crippen LogP contribution is 2.44. The molecule has 0 aliphatic carbocycles. The Labute approximate surface area is 328 Å². The van der Waals surface area contributed by atoms with Crippen molar-refractivity contribution >= 4 is 0 Å². The van der Waals surface area contributed by atoms with Gasteiger partial charge < -0.3 is 0 Å². The van der Waals surface area contributed by atoms with E-state index in [-0.39, 0.29) is 0 Å². The maximum absolute atomic E-state index is 5.19. The first-order valence-electron chi connectivity index (χ1n) is 19.0. The second-order valence-corrected chi connectivity index (χ2v) is 14.1. The first kappa shape index (κ1) is 34.5. The molecule has 9 aromatic rings. The molecule has 0 fully saturated rings. The van der Waals surface area contributed by atoms with Gasteiger partial charge in [-0.3, -0.25) is 4.98 Å². The number of rotatable bonds is 8. The number of pyridine rings is 1. The maximum atomic E-state index is 5.19. The molecule has 0 aliphatic heterocycles. The summed E-state index contributed by atoms with van der Waals surface area (Å²) in [4.78, 5) is 15.0. The molecule has 3 heteroatoms. The van der Waals surface area contributed by atoms with E-state index in [4.69, 9.17) is 9.97 Å². The lowest BCUT2D eigenvalue weighted by molar-refractivity contribution is 1.13. The van der Waals surface area contributed by atoms with Crippen LogP contribution in [0.1, 0.15) is 11.4 Å². The van der Waals surface area contributed by atoms with Crippen LogP contribution in [0.15, 0.2) is 200 Å². The molecular formula is C53H39N3. The molecule has 2 heterocycles. The average Bonchev–Trinajstić information content (AvgIpc) is 3.27. The van der Waals surface area contributed by atoms with Gasteiger partial charge in [0, 0.05) is 33.6 Å². The Morgan fingerprint density at radius 3 is 1.21 bits per heavy atom. The van der Waals surface area contributed by atoms with Crippen molar-refractivity contribution in [2.24, 2.45) is 0 Å². The predicted octanol–water partition coefficient (Wildman–Crippen LogP) is 13.8. The van der Waals surface area contributed by atoms with Crippen molar-refractivity contribution in [3.05, 3.63) is 212 Å². The Bertz CT molecular complexity index is 2700. The van der Waals surface area contributed by atoms with Gasteiger partial charge in [0.1, 0.15) is 0 Å². The zero-order valence-corrected chi connectivity index (χ0v) is 31.4. The molecule has 0 amide bonds. The Kier molecular flexibility index (Phi) is 9.41. The quantitative estimate of drug-likeness (QED) is 0.157. The fourth-order valence-electron chi connectivity index (χ4n) is 7.52. The molecule has 9 rings (SSSR count). The van der Waals surface area contributed by atoms with Crippen molar-refractivity contribution in [2.45, 2.75) is 13.8 Å². The molecule has 3 nitrogen and oxygen atoms in total. The highest BCUT2D eigenvalue weighted by Gasteiger charge is 2.18. The van der Waals surface area contributed by atoms with Crippen molar-refractivity contribution in [1.82, 2.24) is 15.0 Å². The standard InChI is InChI=1S/C53H39N3/c1-36-23-32-47(37(2)54-36)41-24-26-43(27-25-41)51-35-50(42-21-13-6-14-22-42)55-53(56-51)45-30-28-44(29-31-45)52-48(39-17-9-4-10-18-39)33-46(38-15-7-3-8-16-38)34-49(52)40-19-11-5-12-20-40/h3-35H,1-2H3. The summed E-state index contributed by atoms with van der Waals surface area (Å²) in [5.41, 5.74) is 18.5. The van der Waals surface area contributed by atoms with Gasteiger partial charge in [-0.2, -0.15) is 0 Å². The summed E-state index contributed by atoms with van der Waals surface area (Å²) in [6.45, 7) is 4.09. The molecule has 0 spiro atoms. The smallest absolute Gasteiger partial charge is 0.160 e. The van der Waals surface area contributed by atoms with Crippen molar-refractivity contribution in [3.8, 4) is 89.5 Å². The van der Waals surface area contributed by atoms with Crippen LogP contribution >= 0.6 is 0 Å². The molecule has 0 bridgehead atoms. The van der Waals surface area contributed by atoms with E-state index < -0.39 is 0 Å². The van der Waals surface area contributed by atoms with Crippen LogP contribution in [0.2, 0.25) is 0 Å². The molecule has 0 N–H and O–H groups in total. The third-order valence-corrected chi connectivity index (χ3v) is 10.4. The summed E-state index contributed by atoms with van der Waals surface area (Å²) < 4.78 is 0. The topological polar surface area (TPSA) is 38.7 Å². The number of benzene rings is 7. The monoisotopic (exact) mass is 717 g/mol. The van der Waals surface area contributed by atoms with Gasteiger partial charge in [-0.05, 0) is 88.2 Å². The number of aryl methyl sites for hydroxylation is 2. The van der Waals surface area contributed by atoms with Gasteiger partial charge in [-0.15, -0.1) is 0 Å². The molecule has 56 heavy (non-hydrogen) atoms. The highest BCUT2D eigenvalue weighted by molar-refractivity contribution is 5.98. The molecule has 0 saturated heterocycles. The van der Waals surface area contributed by atoms with Gasteiger partial charge in [0.25, 0.3) is 0 Å². The first-order chi connectivity index (χ1) is 27.6. The molecule has 266 valence electrons. The summed E-state index contributed by atoms with van der Waals surface area (Å²) in [5.74, 6) is 0.682. The molecule has 2 aromatic heterocycles. The first-order valence-corrected chi connectivity index (χ1v) is 19.0. The zero-order chi connectivity index (χ0) is 37.8. The molecular weight excluding hydrogens is 679 g/mol. The molecule has 0 radical (unpaired) electrons. The lowest BCUT2D eigenvalue weighted by Gasteiger charge is -2.19. The van der Waals surface area contributed by atoms with E-state index in [2.05, 4.69) is 206 Å². The Morgan fingerprint density at radius 1 is 0.286 bits per heavy atom. The van der Waals surface area contributed by atoms with Crippen molar-refractivity contribution in [1.29, 1.82) is 0 Å². The van der Waals surface area contributed by atoms with Crippen LogP contribution in [0.3, 0.4) is 0 Å². The second kappa shape index (κ2) is 15.3. The van der Waals surface area contributed by atoms with Crippen LogP contribution in [-0.4, -0.2) is 15.0 Å². The van der Waals surface area contributed by atoms with Crippen molar-refractivity contribution < 1.29 is 0 Å².